The van der Waals surface area contributed by atoms with Gasteiger partial charge in [-0.05, 0) is 32.8 Å². The van der Waals surface area contributed by atoms with Gasteiger partial charge in [0.05, 0.1) is 6.61 Å². The molecule has 1 aromatic heterocycles. The highest BCUT2D eigenvalue weighted by Crippen LogP contribution is 2.19. The Kier molecular flexibility index (Phi) is 9.16. The Morgan fingerprint density at radius 1 is 1.25 bits per heavy atom. The molecule has 0 aliphatic heterocycles. The summed E-state index contributed by atoms with van der Waals surface area (Å²) >= 11 is 0. The number of methoxy groups -OCH3 is 1. The molecule has 0 radical (unpaired) electrons. The number of esters is 1. The van der Waals surface area contributed by atoms with E-state index >= 15 is 0 Å². The fourth-order valence-corrected chi connectivity index (χ4v) is 1.89. The molecular formula is C19H25NO4. The van der Waals surface area contributed by atoms with Crippen LogP contribution in [0.1, 0.15) is 24.2 Å². The van der Waals surface area contributed by atoms with Crippen molar-refractivity contribution in [3.05, 3.63) is 54.3 Å². The van der Waals surface area contributed by atoms with E-state index in [2.05, 4.69) is 30.8 Å². The fraction of sp³-hybridized carbons (Fsp3) is 0.368. The molecule has 0 unspecified atom stereocenters. The number of aromatic nitrogens is 1. The largest absolute Gasteiger partial charge is 0.463 e. The van der Waals surface area contributed by atoms with Crippen molar-refractivity contribution in [3.63, 3.8) is 0 Å². The van der Waals surface area contributed by atoms with Gasteiger partial charge < -0.3 is 14.0 Å². The van der Waals surface area contributed by atoms with Crippen molar-refractivity contribution in [3.8, 4) is 11.3 Å². The number of benzene rings is 1. The van der Waals surface area contributed by atoms with E-state index < -0.39 is 0 Å². The molecule has 24 heavy (non-hydrogen) atoms. The molecule has 5 heteroatoms. The summed E-state index contributed by atoms with van der Waals surface area (Å²) in [5, 5.41) is 3.95. The van der Waals surface area contributed by atoms with Crippen LogP contribution in [0.15, 0.2) is 47.5 Å². The van der Waals surface area contributed by atoms with Crippen molar-refractivity contribution >= 4 is 5.97 Å². The first-order chi connectivity index (χ1) is 11.6. The normalized spacial score (nSPS) is 9.79. The summed E-state index contributed by atoms with van der Waals surface area (Å²) in [6.45, 7) is 8.40. The summed E-state index contributed by atoms with van der Waals surface area (Å²) in [5.41, 5.74) is 3.25. The molecule has 0 bridgehead atoms. The maximum Gasteiger partial charge on any atom is 0.330 e. The quantitative estimate of drug-likeness (QED) is 0.434. The van der Waals surface area contributed by atoms with E-state index in [-0.39, 0.29) is 5.97 Å². The van der Waals surface area contributed by atoms with E-state index in [0.717, 1.165) is 35.9 Å². The van der Waals surface area contributed by atoms with Gasteiger partial charge in [-0.25, -0.2) is 4.79 Å². The second-order valence-electron chi connectivity index (χ2n) is 5.26. The first-order valence-electron chi connectivity index (χ1n) is 7.85. The highest BCUT2D eigenvalue weighted by Gasteiger charge is 2.02. The molecule has 2 aromatic rings. The van der Waals surface area contributed by atoms with Crippen molar-refractivity contribution in [2.75, 3.05) is 20.3 Å². The van der Waals surface area contributed by atoms with E-state index in [1.807, 2.05) is 25.1 Å². The van der Waals surface area contributed by atoms with Crippen molar-refractivity contribution in [2.45, 2.75) is 26.7 Å². The van der Waals surface area contributed by atoms with Crippen LogP contribution in [-0.2, 0) is 14.3 Å². The van der Waals surface area contributed by atoms with Gasteiger partial charge >= 0.3 is 5.97 Å². The monoisotopic (exact) mass is 331 g/mol. The Balaban J connectivity index is 0.000000245. The molecule has 0 amide bonds. The molecule has 1 aromatic carbocycles. The Morgan fingerprint density at radius 2 is 2.00 bits per heavy atom. The van der Waals surface area contributed by atoms with Gasteiger partial charge in [-0.3, -0.25) is 0 Å². The van der Waals surface area contributed by atoms with E-state index in [1.165, 1.54) is 5.56 Å². The van der Waals surface area contributed by atoms with Gasteiger partial charge in [0.25, 0.3) is 0 Å². The van der Waals surface area contributed by atoms with Crippen LogP contribution in [0, 0.1) is 13.8 Å². The number of aryl methyl sites for hydroxylation is 2. The predicted octanol–water partition coefficient (Wildman–Crippen LogP) is 4.10. The number of rotatable bonds is 7. The molecule has 5 nitrogen and oxygen atoms in total. The molecule has 0 spiro atoms. The molecule has 1 heterocycles. The molecule has 0 N–H and O–H groups in total. The molecule has 0 aliphatic rings. The van der Waals surface area contributed by atoms with Crippen LogP contribution in [0.2, 0.25) is 0 Å². The summed E-state index contributed by atoms with van der Waals surface area (Å²) in [5.74, 6) is 0.485. The van der Waals surface area contributed by atoms with Gasteiger partial charge in [0.2, 0.25) is 0 Å². The number of carbonyl (C=O) groups is 1. The predicted molar refractivity (Wildman–Crippen MR) is 93.7 cm³/mol. The van der Waals surface area contributed by atoms with Gasteiger partial charge in [-0.15, -0.1) is 0 Å². The van der Waals surface area contributed by atoms with Crippen LogP contribution in [-0.4, -0.2) is 31.4 Å². The first kappa shape index (κ1) is 19.6. The zero-order valence-electron chi connectivity index (χ0n) is 14.6. The van der Waals surface area contributed by atoms with E-state index in [1.54, 1.807) is 7.11 Å². The first-order valence-corrected chi connectivity index (χ1v) is 7.85. The summed E-state index contributed by atoms with van der Waals surface area (Å²) in [4.78, 5) is 10.5. The summed E-state index contributed by atoms with van der Waals surface area (Å²) in [6.07, 6.45) is 2.92. The number of hydrogen-bond acceptors (Lipinski definition) is 5. The van der Waals surface area contributed by atoms with E-state index in [0.29, 0.717) is 13.2 Å². The third-order valence-electron chi connectivity index (χ3n) is 3.10. The highest BCUT2D eigenvalue weighted by atomic mass is 16.5. The van der Waals surface area contributed by atoms with Gasteiger partial charge in [-0.2, -0.15) is 0 Å². The summed E-state index contributed by atoms with van der Waals surface area (Å²) < 4.78 is 14.5. The van der Waals surface area contributed by atoms with Crippen LogP contribution in [0.3, 0.4) is 0 Å². The lowest BCUT2D eigenvalue weighted by molar-refractivity contribution is -0.137. The SMILES string of the molecule is C=CC(=O)OCCCCOC.Cc1cccc(-c2cc(C)on2)c1. The molecule has 0 atom stereocenters. The second kappa shape index (κ2) is 11.2. The molecule has 0 fully saturated rings. The van der Waals surface area contributed by atoms with Crippen LogP contribution in [0.25, 0.3) is 11.3 Å². The molecule has 0 saturated carbocycles. The average Bonchev–Trinajstić information content (AvgIpc) is 3.01. The number of hydrogen-bond donors (Lipinski definition) is 0. The van der Waals surface area contributed by atoms with Crippen molar-refractivity contribution in [1.82, 2.24) is 5.16 Å². The number of carbonyl (C=O) groups excluding carboxylic acids is 1. The van der Waals surface area contributed by atoms with Gasteiger partial charge in [0.1, 0.15) is 11.5 Å². The summed E-state index contributed by atoms with van der Waals surface area (Å²) in [7, 11) is 1.65. The minimum Gasteiger partial charge on any atom is -0.463 e. The zero-order valence-corrected chi connectivity index (χ0v) is 14.6. The Morgan fingerprint density at radius 3 is 2.58 bits per heavy atom. The maximum absolute atomic E-state index is 10.5. The van der Waals surface area contributed by atoms with Crippen molar-refractivity contribution in [1.29, 1.82) is 0 Å². The Bertz CT molecular complexity index is 634. The zero-order chi connectivity index (χ0) is 17.8. The minimum absolute atomic E-state index is 0.359. The van der Waals surface area contributed by atoms with E-state index in [9.17, 15) is 4.79 Å². The lowest BCUT2D eigenvalue weighted by atomic mass is 10.1. The topological polar surface area (TPSA) is 61.6 Å². The van der Waals surface area contributed by atoms with Gasteiger partial charge in [-0.1, -0.05) is 35.5 Å². The Labute approximate surface area is 143 Å². The molecular weight excluding hydrogens is 306 g/mol. The molecule has 130 valence electrons. The average molecular weight is 331 g/mol. The standard InChI is InChI=1S/C11H11NO.C8H14O3/c1-8-4-3-5-10(6-8)11-7-9(2)13-12-11;1-3-8(9)11-7-5-4-6-10-2/h3-7H,1-2H3;3H,1,4-7H2,2H3. The minimum atomic E-state index is -0.359. The Hall–Kier alpha value is -2.40. The van der Waals surface area contributed by atoms with Gasteiger partial charge in [0, 0.05) is 31.4 Å². The summed E-state index contributed by atoms with van der Waals surface area (Å²) in [6, 6.07) is 10.2. The van der Waals surface area contributed by atoms with Crippen LogP contribution in [0.4, 0.5) is 0 Å². The third kappa shape index (κ3) is 7.74. The lowest BCUT2D eigenvalue weighted by Crippen LogP contribution is -2.02. The second-order valence-corrected chi connectivity index (χ2v) is 5.26. The number of nitrogens with zero attached hydrogens (tertiary/aromatic N) is 1. The molecule has 2 rings (SSSR count). The van der Waals surface area contributed by atoms with E-state index in [4.69, 9.17) is 14.0 Å². The lowest BCUT2D eigenvalue weighted by Gasteiger charge is -2.00. The van der Waals surface area contributed by atoms with Crippen molar-refractivity contribution in [2.24, 2.45) is 0 Å². The third-order valence-corrected chi connectivity index (χ3v) is 3.10. The maximum atomic E-state index is 10.5. The number of unbranched alkanes of at least 4 members (excludes halogenated alkanes) is 1. The highest BCUT2D eigenvalue weighted by molar-refractivity contribution is 5.81. The van der Waals surface area contributed by atoms with Crippen molar-refractivity contribution < 1.29 is 18.8 Å². The molecule has 0 aliphatic carbocycles. The smallest absolute Gasteiger partial charge is 0.330 e. The van der Waals surface area contributed by atoms with Crippen LogP contribution >= 0.6 is 0 Å². The molecule has 0 saturated heterocycles. The van der Waals surface area contributed by atoms with Gasteiger partial charge in [0.15, 0.2) is 0 Å². The van der Waals surface area contributed by atoms with Crippen LogP contribution < -0.4 is 0 Å². The van der Waals surface area contributed by atoms with Crippen LogP contribution in [0.5, 0.6) is 0 Å². The number of ether oxygens (including phenoxy) is 2. The fourth-order valence-electron chi connectivity index (χ4n) is 1.89.